The summed E-state index contributed by atoms with van der Waals surface area (Å²) in [5.74, 6) is 2.72. The van der Waals surface area contributed by atoms with E-state index in [9.17, 15) is 4.79 Å². The fraction of sp³-hybridized carbons (Fsp3) is 0.412. The third kappa shape index (κ3) is 3.07. The minimum atomic E-state index is 0.0485. The summed E-state index contributed by atoms with van der Waals surface area (Å²) in [6, 6.07) is 3.79. The summed E-state index contributed by atoms with van der Waals surface area (Å²) >= 11 is 0. The first-order chi connectivity index (χ1) is 12.6. The molecule has 1 aliphatic heterocycles. The Morgan fingerprint density at radius 1 is 1.31 bits per heavy atom. The molecule has 1 unspecified atom stereocenters. The molecule has 0 saturated carbocycles. The number of hydrogen-bond acceptors (Lipinski definition) is 7. The molecule has 0 fully saturated rings. The van der Waals surface area contributed by atoms with Crippen LogP contribution >= 0.6 is 0 Å². The summed E-state index contributed by atoms with van der Waals surface area (Å²) in [6.45, 7) is 5.13. The van der Waals surface area contributed by atoms with Crippen molar-refractivity contribution >= 4 is 5.91 Å². The predicted molar refractivity (Wildman–Crippen MR) is 90.7 cm³/mol. The molecule has 4 heterocycles. The molecule has 0 aliphatic carbocycles. The van der Waals surface area contributed by atoms with Crippen molar-refractivity contribution in [1.29, 1.82) is 0 Å². The molecule has 0 saturated heterocycles. The monoisotopic (exact) mass is 353 g/mol. The highest BCUT2D eigenvalue weighted by atomic mass is 16.5. The van der Waals surface area contributed by atoms with Crippen LogP contribution < -0.4 is 0 Å². The van der Waals surface area contributed by atoms with Crippen LogP contribution in [0.1, 0.15) is 36.9 Å². The maximum atomic E-state index is 12.6. The third-order valence-corrected chi connectivity index (χ3v) is 4.51. The number of carbonyl (C=O) groups is 1. The zero-order valence-electron chi connectivity index (χ0n) is 14.7. The number of aromatic nitrogens is 6. The van der Waals surface area contributed by atoms with Gasteiger partial charge in [0.1, 0.15) is 5.82 Å². The average Bonchev–Trinajstić information content (AvgIpc) is 3.27. The molecule has 9 heteroatoms. The number of nitrogens with zero attached hydrogens (tertiary/aromatic N) is 7. The van der Waals surface area contributed by atoms with Crippen molar-refractivity contribution in [3.8, 4) is 11.4 Å². The largest absolute Gasteiger partial charge is 0.339 e. The molecule has 3 aromatic rings. The number of pyridine rings is 1. The number of hydrogen-bond donors (Lipinski definition) is 0. The molecular formula is C17H19N7O2. The maximum Gasteiger partial charge on any atom is 0.227 e. The second-order valence-corrected chi connectivity index (χ2v) is 6.40. The second-order valence-electron chi connectivity index (χ2n) is 6.40. The zero-order chi connectivity index (χ0) is 18.1. The Bertz CT molecular complexity index is 918. The van der Waals surface area contributed by atoms with E-state index in [0.29, 0.717) is 37.6 Å². The van der Waals surface area contributed by atoms with Gasteiger partial charge >= 0.3 is 0 Å². The van der Waals surface area contributed by atoms with Crippen molar-refractivity contribution in [3.63, 3.8) is 0 Å². The lowest BCUT2D eigenvalue weighted by Gasteiger charge is -2.32. The molecule has 0 radical (unpaired) electrons. The smallest absolute Gasteiger partial charge is 0.227 e. The van der Waals surface area contributed by atoms with Crippen LogP contribution in [-0.2, 0) is 17.8 Å². The molecule has 26 heavy (non-hydrogen) atoms. The lowest BCUT2D eigenvalue weighted by molar-refractivity contribution is -0.133. The Morgan fingerprint density at radius 3 is 2.92 bits per heavy atom. The number of rotatable bonds is 4. The number of fused-ring (bicyclic) bond motifs is 1. The van der Waals surface area contributed by atoms with Crippen molar-refractivity contribution in [3.05, 3.63) is 42.1 Å². The lowest BCUT2D eigenvalue weighted by Crippen LogP contribution is -2.40. The minimum absolute atomic E-state index is 0.0485. The molecule has 1 amide bonds. The van der Waals surface area contributed by atoms with E-state index in [0.717, 1.165) is 17.2 Å². The van der Waals surface area contributed by atoms with Gasteiger partial charge in [-0.3, -0.25) is 9.78 Å². The lowest BCUT2D eigenvalue weighted by atomic mass is 10.2. The van der Waals surface area contributed by atoms with Gasteiger partial charge in [0, 0.05) is 37.3 Å². The molecule has 3 aromatic heterocycles. The van der Waals surface area contributed by atoms with Crippen molar-refractivity contribution in [1.82, 2.24) is 34.8 Å². The van der Waals surface area contributed by atoms with Gasteiger partial charge in [-0.1, -0.05) is 5.16 Å². The van der Waals surface area contributed by atoms with E-state index in [1.54, 1.807) is 12.4 Å². The average molecular weight is 353 g/mol. The highest BCUT2D eigenvalue weighted by Gasteiger charge is 2.28. The van der Waals surface area contributed by atoms with E-state index in [-0.39, 0.29) is 11.9 Å². The van der Waals surface area contributed by atoms with Crippen LogP contribution in [0.15, 0.2) is 29.0 Å². The zero-order valence-corrected chi connectivity index (χ0v) is 14.7. The fourth-order valence-electron chi connectivity index (χ4n) is 3.27. The van der Waals surface area contributed by atoms with E-state index in [1.807, 2.05) is 24.0 Å². The van der Waals surface area contributed by atoms with Gasteiger partial charge in [-0.05, 0) is 26.0 Å². The van der Waals surface area contributed by atoms with E-state index < -0.39 is 0 Å². The first-order valence-electron chi connectivity index (χ1n) is 8.53. The van der Waals surface area contributed by atoms with Gasteiger partial charge in [-0.2, -0.15) is 4.98 Å². The molecular weight excluding hydrogens is 334 g/mol. The highest BCUT2D eigenvalue weighted by Crippen LogP contribution is 2.22. The molecule has 0 spiro atoms. The quantitative estimate of drug-likeness (QED) is 0.701. The van der Waals surface area contributed by atoms with E-state index in [4.69, 9.17) is 4.52 Å². The normalized spacial score (nSPS) is 16.5. The summed E-state index contributed by atoms with van der Waals surface area (Å²) in [7, 11) is 0. The van der Waals surface area contributed by atoms with Gasteiger partial charge in [0.25, 0.3) is 0 Å². The Labute approximate surface area is 150 Å². The van der Waals surface area contributed by atoms with Gasteiger partial charge in [0.15, 0.2) is 5.82 Å². The van der Waals surface area contributed by atoms with Crippen molar-refractivity contribution in [2.24, 2.45) is 0 Å². The number of amides is 1. The molecule has 1 aliphatic rings. The summed E-state index contributed by atoms with van der Waals surface area (Å²) in [4.78, 5) is 22.7. The summed E-state index contributed by atoms with van der Waals surface area (Å²) in [6.07, 6.45) is 4.07. The van der Waals surface area contributed by atoms with Gasteiger partial charge in [-0.15, -0.1) is 10.2 Å². The summed E-state index contributed by atoms with van der Waals surface area (Å²) in [5.41, 5.74) is 0.834. The Kier molecular flexibility index (Phi) is 4.19. The molecule has 0 bridgehead atoms. The van der Waals surface area contributed by atoms with E-state index >= 15 is 0 Å². The van der Waals surface area contributed by atoms with Crippen molar-refractivity contribution < 1.29 is 9.32 Å². The molecule has 1 atom stereocenters. The van der Waals surface area contributed by atoms with E-state index in [2.05, 4.69) is 36.8 Å². The van der Waals surface area contributed by atoms with Gasteiger partial charge in [0.2, 0.25) is 17.6 Å². The fourth-order valence-corrected chi connectivity index (χ4v) is 3.27. The first-order valence-corrected chi connectivity index (χ1v) is 8.53. The standard InChI is InChI=1S/C17H19N7O2/c1-11-9-23(10-14-21-20-12(2)24(11)14)16(25)4-3-15-19-17(22-26-15)13-5-7-18-8-6-13/h5-8,11H,3-4,9-10H2,1-2H3. The molecule has 0 N–H and O–H groups in total. The van der Waals surface area contributed by atoms with Crippen molar-refractivity contribution in [2.45, 2.75) is 39.3 Å². The Morgan fingerprint density at radius 2 is 2.12 bits per heavy atom. The Balaban J connectivity index is 1.38. The highest BCUT2D eigenvalue weighted by molar-refractivity contribution is 5.76. The van der Waals surface area contributed by atoms with Crippen LogP contribution in [-0.4, -0.2) is 47.2 Å². The SMILES string of the molecule is Cc1nnc2n1C(C)CN(C(=O)CCc1nc(-c3ccncc3)no1)C2. The van der Waals surface area contributed by atoms with Crippen LogP contribution in [0.5, 0.6) is 0 Å². The second kappa shape index (κ2) is 6.66. The van der Waals surface area contributed by atoms with Crippen molar-refractivity contribution in [2.75, 3.05) is 6.54 Å². The van der Waals surface area contributed by atoms with Crippen LogP contribution in [0.25, 0.3) is 11.4 Å². The van der Waals surface area contributed by atoms with Crippen LogP contribution in [0.2, 0.25) is 0 Å². The molecule has 4 rings (SSSR count). The molecule has 0 aromatic carbocycles. The number of aryl methyl sites for hydroxylation is 2. The maximum absolute atomic E-state index is 12.6. The van der Waals surface area contributed by atoms with Crippen LogP contribution in [0.3, 0.4) is 0 Å². The topological polar surface area (TPSA) is 103 Å². The Hall–Kier alpha value is -3.10. The first kappa shape index (κ1) is 16.4. The van der Waals surface area contributed by atoms with Gasteiger partial charge < -0.3 is 14.0 Å². The van der Waals surface area contributed by atoms with Gasteiger partial charge in [0.05, 0.1) is 12.6 Å². The van der Waals surface area contributed by atoms with Crippen LogP contribution in [0, 0.1) is 6.92 Å². The molecule has 134 valence electrons. The minimum Gasteiger partial charge on any atom is -0.339 e. The molecule has 9 nitrogen and oxygen atoms in total. The number of carbonyl (C=O) groups excluding carboxylic acids is 1. The summed E-state index contributed by atoms with van der Waals surface area (Å²) in [5, 5.41) is 12.2. The van der Waals surface area contributed by atoms with E-state index in [1.165, 1.54) is 0 Å². The van der Waals surface area contributed by atoms with Gasteiger partial charge in [-0.25, -0.2) is 0 Å². The van der Waals surface area contributed by atoms with Crippen LogP contribution in [0.4, 0.5) is 0 Å². The third-order valence-electron chi connectivity index (χ3n) is 4.51. The predicted octanol–water partition coefficient (Wildman–Crippen LogP) is 1.57. The summed E-state index contributed by atoms with van der Waals surface area (Å²) < 4.78 is 7.34.